The number of hydrogen-bond acceptors (Lipinski definition) is 3. The van der Waals surface area contributed by atoms with E-state index in [1.165, 1.54) is 30.5 Å². The van der Waals surface area contributed by atoms with Crippen molar-refractivity contribution in [1.82, 2.24) is 5.32 Å². The molecule has 1 unspecified atom stereocenters. The van der Waals surface area contributed by atoms with Gasteiger partial charge in [0, 0.05) is 29.9 Å². The van der Waals surface area contributed by atoms with E-state index in [9.17, 15) is 0 Å². The predicted molar refractivity (Wildman–Crippen MR) is 81.1 cm³/mol. The first kappa shape index (κ1) is 14.2. The van der Waals surface area contributed by atoms with Crippen LogP contribution in [0.3, 0.4) is 0 Å². The molecule has 0 amide bonds. The van der Waals surface area contributed by atoms with Crippen LogP contribution in [-0.2, 0) is 0 Å². The molecular formula is C16H26N2O. The minimum Gasteiger partial charge on any atom is -0.496 e. The summed E-state index contributed by atoms with van der Waals surface area (Å²) in [4.78, 5) is 2.56. The Bertz CT molecular complexity index is 415. The molecule has 3 nitrogen and oxygen atoms in total. The standard InChI is InChI=1S/C16H26N2O/c1-5-11-18(13-9-10-13)14-7-6-8-15(19-4)16(14)12(2)17-3/h6-8,12-13,17H,5,9-11H2,1-4H3. The van der Waals surface area contributed by atoms with Gasteiger partial charge in [0.1, 0.15) is 5.75 Å². The molecule has 1 N–H and O–H groups in total. The third-order valence-corrected chi connectivity index (χ3v) is 3.89. The highest BCUT2D eigenvalue weighted by Gasteiger charge is 2.31. The fourth-order valence-corrected chi connectivity index (χ4v) is 2.67. The number of nitrogens with zero attached hydrogens (tertiary/aromatic N) is 1. The Morgan fingerprint density at radius 2 is 2.16 bits per heavy atom. The molecule has 1 atom stereocenters. The van der Waals surface area contributed by atoms with E-state index in [-0.39, 0.29) is 0 Å². The monoisotopic (exact) mass is 262 g/mol. The summed E-state index contributed by atoms with van der Waals surface area (Å²) in [6.45, 7) is 5.57. The van der Waals surface area contributed by atoms with Gasteiger partial charge in [-0.2, -0.15) is 0 Å². The van der Waals surface area contributed by atoms with E-state index in [1.54, 1.807) is 7.11 Å². The average molecular weight is 262 g/mol. The Morgan fingerprint density at radius 3 is 2.68 bits per heavy atom. The number of methoxy groups -OCH3 is 1. The van der Waals surface area contributed by atoms with Crippen LogP contribution in [0.5, 0.6) is 5.75 Å². The van der Waals surface area contributed by atoms with Crippen LogP contribution in [-0.4, -0.2) is 26.7 Å². The fraction of sp³-hybridized carbons (Fsp3) is 0.625. The molecule has 1 aromatic rings. The SMILES string of the molecule is CCCN(c1cccc(OC)c1C(C)NC)C1CC1. The van der Waals surface area contributed by atoms with Gasteiger partial charge in [-0.1, -0.05) is 13.0 Å². The maximum absolute atomic E-state index is 5.57. The summed E-state index contributed by atoms with van der Waals surface area (Å²) in [5, 5.41) is 3.35. The van der Waals surface area contributed by atoms with Crippen molar-refractivity contribution in [2.45, 2.75) is 45.2 Å². The van der Waals surface area contributed by atoms with Crippen LogP contribution in [0.4, 0.5) is 5.69 Å². The van der Waals surface area contributed by atoms with Crippen molar-refractivity contribution in [2.24, 2.45) is 0 Å². The first-order chi connectivity index (χ1) is 9.22. The van der Waals surface area contributed by atoms with Crippen molar-refractivity contribution >= 4 is 5.69 Å². The van der Waals surface area contributed by atoms with Gasteiger partial charge in [-0.05, 0) is 45.4 Å². The summed E-state index contributed by atoms with van der Waals surface area (Å²) >= 11 is 0. The van der Waals surface area contributed by atoms with Crippen molar-refractivity contribution in [1.29, 1.82) is 0 Å². The molecule has 0 radical (unpaired) electrons. The number of hydrogen-bond donors (Lipinski definition) is 1. The summed E-state index contributed by atoms with van der Waals surface area (Å²) in [6, 6.07) is 7.42. The van der Waals surface area contributed by atoms with Crippen LogP contribution >= 0.6 is 0 Å². The summed E-state index contributed by atoms with van der Waals surface area (Å²) < 4.78 is 5.57. The van der Waals surface area contributed by atoms with Crippen molar-refractivity contribution in [2.75, 3.05) is 25.6 Å². The number of nitrogens with one attached hydrogen (secondary N) is 1. The van der Waals surface area contributed by atoms with Crippen molar-refractivity contribution in [3.63, 3.8) is 0 Å². The van der Waals surface area contributed by atoms with E-state index in [1.807, 2.05) is 7.05 Å². The minimum absolute atomic E-state index is 0.296. The molecule has 0 aliphatic heterocycles. The first-order valence-corrected chi connectivity index (χ1v) is 7.33. The molecule has 19 heavy (non-hydrogen) atoms. The van der Waals surface area contributed by atoms with Crippen molar-refractivity contribution < 1.29 is 4.74 Å². The molecule has 0 spiro atoms. The molecule has 3 heteroatoms. The highest BCUT2D eigenvalue weighted by molar-refractivity contribution is 5.62. The van der Waals surface area contributed by atoms with Crippen LogP contribution in [0, 0.1) is 0 Å². The molecule has 1 aliphatic rings. The molecule has 0 aromatic heterocycles. The van der Waals surface area contributed by atoms with Crippen LogP contribution in [0.1, 0.15) is 44.7 Å². The fourth-order valence-electron chi connectivity index (χ4n) is 2.67. The average Bonchev–Trinajstić information content (AvgIpc) is 3.27. The van der Waals surface area contributed by atoms with Crippen molar-refractivity contribution in [3.05, 3.63) is 23.8 Å². The molecule has 1 aliphatic carbocycles. The van der Waals surface area contributed by atoms with Gasteiger partial charge in [-0.25, -0.2) is 0 Å². The van der Waals surface area contributed by atoms with E-state index in [0.717, 1.165) is 18.3 Å². The van der Waals surface area contributed by atoms with Crippen molar-refractivity contribution in [3.8, 4) is 5.75 Å². The Hall–Kier alpha value is -1.22. The summed E-state index contributed by atoms with van der Waals surface area (Å²) in [6.07, 6.45) is 3.83. The lowest BCUT2D eigenvalue weighted by atomic mass is 10.0. The Balaban J connectivity index is 2.41. The first-order valence-electron chi connectivity index (χ1n) is 7.33. The van der Waals surface area contributed by atoms with Gasteiger partial charge in [0.15, 0.2) is 0 Å². The lowest BCUT2D eigenvalue weighted by Gasteiger charge is -2.29. The zero-order valence-electron chi connectivity index (χ0n) is 12.6. The molecule has 0 saturated heterocycles. The zero-order valence-corrected chi connectivity index (χ0v) is 12.6. The molecular weight excluding hydrogens is 236 g/mol. The molecule has 2 rings (SSSR count). The molecule has 0 heterocycles. The molecule has 1 fully saturated rings. The topological polar surface area (TPSA) is 24.5 Å². The maximum atomic E-state index is 5.57. The van der Waals surface area contributed by atoms with Crippen LogP contribution in [0.2, 0.25) is 0 Å². The largest absolute Gasteiger partial charge is 0.496 e. The molecule has 0 bridgehead atoms. The molecule has 1 saturated carbocycles. The van der Waals surface area contributed by atoms with Gasteiger partial charge >= 0.3 is 0 Å². The van der Waals surface area contributed by atoms with Gasteiger partial charge < -0.3 is 15.0 Å². The van der Waals surface area contributed by atoms with E-state index < -0.39 is 0 Å². The predicted octanol–water partition coefficient (Wildman–Crippen LogP) is 3.35. The van der Waals surface area contributed by atoms with Gasteiger partial charge in [0.25, 0.3) is 0 Å². The summed E-state index contributed by atoms with van der Waals surface area (Å²) in [5.74, 6) is 0.987. The normalized spacial score (nSPS) is 16.2. The minimum atomic E-state index is 0.296. The van der Waals surface area contributed by atoms with Gasteiger partial charge in [0.2, 0.25) is 0 Å². The van der Waals surface area contributed by atoms with Crippen LogP contribution in [0.25, 0.3) is 0 Å². The van der Waals surface area contributed by atoms with Crippen LogP contribution < -0.4 is 15.0 Å². The second-order valence-electron chi connectivity index (χ2n) is 5.33. The Morgan fingerprint density at radius 1 is 1.42 bits per heavy atom. The number of ether oxygens (including phenoxy) is 1. The number of benzene rings is 1. The molecule has 1 aromatic carbocycles. The third kappa shape index (κ3) is 3.03. The smallest absolute Gasteiger partial charge is 0.125 e. The maximum Gasteiger partial charge on any atom is 0.125 e. The van der Waals surface area contributed by atoms with E-state index in [4.69, 9.17) is 4.74 Å². The third-order valence-electron chi connectivity index (χ3n) is 3.89. The summed E-state index contributed by atoms with van der Waals surface area (Å²) in [7, 11) is 3.76. The van der Waals surface area contributed by atoms with E-state index >= 15 is 0 Å². The van der Waals surface area contributed by atoms with E-state index in [2.05, 4.69) is 42.3 Å². The number of rotatable bonds is 7. The Kier molecular flexibility index (Phi) is 4.70. The van der Waals surface area contributed by atoms with Gasteiger partial charge in [-0.15, -0.1) is 0 Å². The van der Waals surface area contributed by atoms with Crippen LogP contribution in [0.15, 0.2) is 18.2 Å². The lowest BCUT2D eigenvalue weighted by molar-refractivity contribution is 0.403. The quantitative estimate of drug-likeness (QED) is 0.815. The van der Waals surface area contributed by atoms with E-state index in [0.29, 0.717) is 6.04 Å². The highest BCUT2D eigenvalue weighted by Crippen LogP contribution is 2.39. The highest BCUT2D eigenvalue weighted by atomic mass is 16.5. The van der Waals surface area contributed by atoms with Gasteiger partial charge in [0.05, 0.1) is 7.11 Å². The lowest BCUT2D eigenvalue weighted by Crippen LogP contribution is -2.29. The zero-order chi connectivity index (χ0) is 13.8. The summed E-state index contributed by atoms with van der Waals surface area (Å²) in [5.41, 5.74) is 2.62. The molecule has 106 valence electrons. The second-order valence-corrected chi connectivity index (χ2v) is 5.33. The second kappa shape index (κ2) is 6.29. The number of anilines is 1. The van der Waals surface area contributed by atoms with Gasteiger partial charge in [-0.3, -0.25) is 0 Å². The Labute approximate surface area is 116 Å².